The molecule has 0 aliphatic rings. The first kappa shape index (κ1) is 12.5. The molecule has 0 saturated carbocycles. The highest BCUT2D eigenvalue weighted by Crippen LogP contribution is 2.32. The van der Waals surface area contributed by atoms with E-state index in [1.165, 1.54) is 4.88 Å². The molecule has 16 heavy (non-hydrogen) atoms. The van der Waals surface area contributed by atoms with Crippen LogP contribution in [-0.2, 0) is 0 Å². The molecule has 1 atom stereocenters. The van der Waals surface area contributed by atoms with E-state index in [1.807, 2.05) is 37.3 Å². The number of aliphatic hydroxyl groups excluding tert-OH is 1. The summed E-state index contributed by atoms with van der Waals surface area (Å²) >= 11 is 7.32. The van der Waals surface area contributed by atoms with Crippen LogP contribution in [0.2, 0.25) is 0 Å². The Balaban J connectivity index is 2.40. The molecule has 0 aliphatic carbocycles. The van der Waals surface area contributed by atoms with Crippen molar-refractivity contribution in [2.24, 2.45) is 0 Å². The zero-order valence-electron chi connectivity index (χ0n) is 8.58. The van der Waals surface area contributed by atoms with Crippen molar-refractivity contribution in [3.05, 3.63) is 53.7 Å². The number of rotatable bonds is 2. The minimum atomic E-state index is -0.525. The van der Waals surface area contributed by atoms with Crippen LogP contribution in [0, 0.1) is 10.5 Å². The van der Waals surface area contributed by atoms with E-state index in [2.05, 4.69) is 38.5 Å². The third-order valence-corrected chi connectivity index (χ3v) is 4.81. The number of aliphatic hydroxyl groups is 1. The van der Waals surface area contributed by atoms with Crippen LogP contribution in [0.4, 0.5) is 0 Å². The zero-order valence-corrected chi connectivity index (χ0v) is 13.1. The molecule has 84 valence electrons. The molecule has 0 aliphatic heterocycles. The molecule has 1 aromatic carbocycles. The Labute approximate surface area is 121 Å². The van der Waals surface area contributed by atoms with E-state index >= 15 is 0 Å². The summed E-state index contributed by atoms with van der Waals surface area (Å²) in [5, 5.41) is 10.3. The number of halogens is 2. The maximum absolute atomic E-state index is 10.3. The lowest BCUT2D eigenvalue weighted by atomic mass is 10.1. The maximum atomic E-state index is 10.3. The predicted molar refractivity (Wildman–Crippen MR) is 80.0 cm³/mol. The number of benzene rings is 1. The first-order valence-electron chi connectivity index (χ1n) is 4.77. The fraction of sp³-hybridized carbons (Fsp3) is 0.167. The Kier molecular flexibility index (Phi) is 4.05. The van der Waals surface area contributed by atoms with Gasteiger partial charge in [0.15, 0.2) is 0 Å². The molecule has 1 aromatic heterocycles. The van der Waals surface area contributed by atoms with Gasteiger partial charge < -0.3 is 5.11 Å². The van der Waals surface area contributed by atoms with Gasteiger partial charge in [0.2, 0.25) is 0 Å². The molecule has 0 radical (unpaired) electrons. The maximum Gasteiger partial charge on any atom is 0.114 e. The van der Waals surface area contributed by atoms with E-state index < -0.39 is 6.10 Å². The number of hydrogen-bond donors (Lipinski definition) is 1. The molecule has 1 nitrogen and oxygen atoms in total. The van der Waals surface area contributed by atoms with Crippen LogP contribution >= 0.6 is 49.9 Å². The van der Waals surface area contributed by atoms with Crippen LogP contribution in [0.25, 0.3) is 0 Å². The largest absolute Gasteiger partial charge is 0.383 e. The molecule has 2 rings (SSSR count). The summed E-state index contributed by atoms with van der Waals surface area (Å²) in [7, 11) is 0. The fourth-order valence-corrected chi connectivity index (χ4v) is 3.37. The van der Waals surface area contributed by atoms with Crippen molar-refractivity contribution in [2.75, 3.05) is 0 Å². The van der Waals surface area contributed by atoms with E-state index in [-0.39, 0.29) is 0 Å². The molecular formula is C12H10BrIOS. The lowest BCUT2D eigenvalue weighted by Crippen LogP contribution is -1.99. The summed E-state index contributed by atoms with van der Waals surface area (Å²) in [4.78, 5) is 2.22. The standard InChI is InChI=1S/C12H10BrIOS/c1-7-2-5-11(16-7)12(15)9-6-8(13)3-4-10(9)14/h2-6,12,15H,1H3. The monoisotopic (exact) mass is 408 g/mol. The van der Waals surface area contributed by atoms with Crippen molar-refractivity contribution in [2.45, 2.75) is 13.0 Å². The SMILES string of the molecule is Cc1ccc(C(O)c2cc(Br)ccc2I)s1. The fourth-order valence-electron chi connectivity index (χ4n) is 1.48. The first-order chi connectivity index (χ1) is 7.58. The Hall–Kier alpha value is 0.0900. The van der Waals surface area contributed by atoms with Crippen LogP contribution in [0.1, 0.15) is 21.4 Å². The van der Waals surface area contributed by atoms with Gasteiger partial charge in [0.05, 0.1) is 0 Å². The van der Waals surface area contributed by atoms with Gasteiger partial charge in [-0.15, -0.1) is 11.3 Å². The minimum Gasteiger partial charge on any atom is -0.383 e. The average molecular weight is 409 g/mol. The van der Waals surface area contributed by atoms with Gasteiger partial charge in [-0.05, 0) is 59.8 Å². The van der Waals surface area contributed by atoms with Crippen LogP contribution in [0.5, 0.6) is 0 Å². The zero-order chi connectivity index (χ0) is 11.7. The normalized spacial score (nSPS) is 12.8. The van der Waals surface area contributed by atoms with Crippen LogP contribution in [-0.4, -0.2) is 5.11 Å². The number of aryl methyl sites for hydroxylation is 1. The van der Waals surface area contributed by atoms with Crippen LogP contribution in [0.15, 0.2) is 34.8 Å². The lowest BCUT2D eigenvalue weighted by molar-refractivity contribution is 0.223. The first-order valence-corrected chi connectivity index (χ1v) is 7.46. The molecule has 0 bridgehead atoms. The molecule has 0 saturated heterocycles. The Morgan fingerprint density at radius 1 is 1.31 bits per heavy atom. The average Bonchev–Trinajstić information content (AvgIpc) is 2.67. The molecule has 0 fully saturated rings. The van der Waals surface area contributed by atoms with Gasteiger partial charge in [-0.1, -0.05) is 15.9 Å². The molecule has 1 heterocycles. The Morgan fingerprint density at radius 3 is 2.69 bits per heavy atom. The second-order valence-electron chi connectivity index (χ2n) is 3.52. The molecule has 2 aromatic rings. The third kappa shape index (κ3) is 2.67. The number of thiophene rings is 1. The van der Waals surface area contributed by atoms with Crippen molar-refractivity contribution in [3.63, 3.8) is 0 Å². The van der Waals surface area contributed by atoms with E-state index in [1.54, 1.807) is 11.3 Å². The summed E-state index contributed by atoms with van der Waals surface area (Å²) in [6.45, 7) is 2.05. The van der Waals surface area contributed by atoms with Crippen molar-refractivity contribution in [1.29, 1.82) is 0 Å². The summed E-state index contributed by atoms with van der Waals surface area (Å²) in [6, 6.07) is 9.98. The smallest absolute Gasteiger partial charge is 0.114 e. The highest BCUT2D eigenvalue weighted by atomic mass is 127. The second kappa shape index (κ2) is 5.16. The van der Waals surface area contributed by atoms with Crippen molar-refractivity contribution in [3.8, 4) is 0 Å². The molecule has 0 spiro atoms. The minimum absolute atomic E-state index is 0.525. The lowest BCUT2D eigenvalue weighted by Gasteiger charge is -2.11. The molecule has 0 amide bonds. The van der Waals surface area contributed by atoms with E-state index in [9.17, 15) is 5.11 Å². The summed E-state index contributed by atoms with van der Waals surface area (Å²) < 4.78 is 2.08. The van der Waals surface area contributed by atoms with Gasteiger partial charge in [-0.25, -0.2) is 0 Å². The van der Waals surface area contributed by atoms with Crippen LogP contribution in [0.3, 0.4) is 0 Å². The molecule has 4 heteroatoms. The van der Waals surface area contributed by atoms with Gasteiger partial charge in [0, 0.05) is 23.4 Å². The van der Waals surface area contributed by atoms with Crippen molar-refractivity contribution in [1.82, 2.24) is 0 Å². The molecular weight excluding hydrogens is 399 g/mol. The molecule has 1 N–H and O–H groups in total. The second-order valence-corrected chi connectivity index (χ2v) is 6.91. The van der Waals surface area contributed by atoms with Gasteiger partial charge in [0.1, 0.15) is 6.10 Å². The number of hydrogen-bond acceptors (Lipinski definition) is 2. The van der Waals surface area contributed by atoms with Gasteiger partial charge in [-0.3, -0.25) is 0 Å². The summed E-state index contributed by atoms with van der Waals surface area (Å²) in [6.07, 6.45) is -0.525. The van der Waals surface area contributed by atoms with E-state index in [0.717, 1.165) is 18.5 Å². The Morgan fingerprint density at radius 2 is 2.06 bits per heavy atom. The molecule has 1 unspecified atom stereocenters. The summed E-state index contributed by atoms with van der Waals surface area (Å²) in [5.74, 6) is 0. The van der Waals surface area contributed by atoms with Gasteiger partial charge >= 0.3 is 0 Å². The van der Waals surface area contributed by atoms with E-state index in [4.69, 9.17) is 0 Å². The van der Waals surface area contributed by atoms with Crippen LogP contribution < -0.4 is 0 Å². The quantitative estimate of drug-likeness (QED) is 0.725. The summed E-state index contributed by atoms with van der Waals surface area (Å²) in [5.41, 5.74) is 0.955. The third-order valence-electron chi connectivity index (χ3n) is 2.28. The van der Waals surface area contributed by atoms with Crippen molar-refractivity contribution >= 4 is 49.9 Å². The topological polar surface area (TPSA) is 20.2 Å². The van der Waals surface area contributed by atoms with Crippen molar-refractivity contribution < 1.29 is 5.11 Å². The van der Waals surface area contributed by atoms with E-state index in [0.29, 0.717) is 0 Å². The highest BCUT2D eigenvalue weighted by Gasteiger charge is 2.15. The highest BCUT2D eigenvalue weighted by molar-refractivity contribution is 14.1. The Bertz CT molecular complexity index is 509. The predicted octanol–water partition coefficient (Wildman–Crippen LogP) is 4.51. The van der Waals surface area contributed by atoms with Gasteiger partial charge in [-0.2, -0.15) is 0 Å². The van der Waals surface area contributed by atoms with Gasteiger partial charge in [0.25, 0.3) is 0 Å².